The molecule has 1 N–H and O–H groups in total. The predicted octanol–water partition coefficient (Wildman–Crippen LogP) is 1.67. The van der Waals surface area contributed by atoms with E-state index in [0.717, 1.165) is 0 Å². The van der Waals surface area contributed by atoms with E-state index in [4.69, 9.17) is 4.52 Å². The number of hydrogen-bond donors (Lipinski definition) is 1. The van der Waals surface area contributed by atoms with Crippen LogP contribution in [0.1, 0.15) is 40.0 Å². The number of carbonyl (C=O) groups is 1. The van der Waals surface area contributed by atoms with Gasteiger partial charge < -0.3 is 14.5 Å². The molecule has 18 heavy (non-hydrogen) atoms. The summed E-state index contributed by atoms with van der Waals surface area (Å²) in [5.74, 6) is 0.288. The summed E-state index contributed by atoms with van der Waals surface area (Å²) < 4.78 is 5.22. The molecule has 2 rings (SSSR count). The molecule has 1 aliphatic rings. The molecule has 2 heterocycles. The van der Waals surface area contributed by atoms with Crippen LogP contribution < -0.4 is 4.90 Å². The fourth-order valence-electron chi connectivity index (χ4n) is 1.96. The average molecular weight is 253 g/mol. The van der Waals surface area contributed by atoms with Gasteiger partial charge in [0.1, 0.15) is 0 Å². The van der Waals surface area contributed by atoms with Gasteiger partial charge in [-0.15, -0.1) is 0 Å². The lowest BCUT2D eigenvalue weighted by molar-refractivity contribution is -0.146. The lowest BCUT2D eigenvalue weighted by Crippen LogP contribution is -2.32. The maximum atomic E-state index is 11.2. The zero-order chi connectivity index (χ0) is 13.6. The molecular weight excluding hydrogens is 234 g/mol. The van der Waals surface area contributed by atoms with Crippen molar-refractivity contribution in [3.05, 3.63) is 5.89 Å². The first-order chi connectivity index (χ1) is 8.22. The molecule has 0 amide bonds. The molecule has 6 nitrogen and oxygen atoms in total. The fourth-order valence-corrected chi connectivity index (χ4v) is 1.96. The van der Waals surface area contributed by atoms with Crippen molar-refractivity contribution in [2.24, 2.45) is 5.41 Å². The van der Waals surface area contributed by atoms with Crippen molar-refractivity contribution in [2.75, 3.05) is 18.0 Å². The summed E-state index contributed by atoms with van der Waals surface area (Å²) in [5, 5.41) is 13.1. The topological polar surface area (TPSA) is 79.5 Å². The Morgan fingerprint density at radius 3 is 2.61 bits per heavy atom. The highest BCUT2D eigenvalue weighted by molar-refractivity contribution is 5.76. The number of anilines is 1. The van der Waals surface area contributed by atoms with Crippen molar-refractivity contribution < 1.29 is 14.4 Å². The molecule has 1 aromatic heterocycles. The van der Waals surface area contributed by atoms with Gasteiger partial charge in [-0.05, 0) is 18.5 Å². The molecule has 0 radical (unpaired) electrons. The largest absolute Gasteiger partial charge is 0.481 e. The van der Waals surface area contributed by atoms with E-state index >= 15 is 0 Å². The lowest BCUT2D eigenvalue weighted by atomic mass is 9.90. The first-order valence-electron chi connectivity index (χ1n) is 6.05. The number of carboxylic acid groups (broad SMARTS) is 1. The molecular formula is C12H19N3O3. The molecule has 0 saturated carbocycles. The fraction of sp³-hybridized carbons (Fsp3) is 0.750. The van der Waals surface area contributed by atoms with Crippen LogP contribution in [0.3, 0.4) is 0 Å². The van der Waals surface area contributed by atoms with Crippen molar-refractivity contribution in [3.8, 4) is 0 Å². The predicted molar refractivity (Wildman–Crippen MR) is 65.6 cm³/mol. The van der Waals surface area contributed by atoms with Crippen LogP contribution in [0.4, 0.5) is 5.95 Å². The Hall–Kier alpha value is -1.59. The van der Waals surface area contributed by atoms with Gasteiger partial charge >= 0.3 is 5.97 Å². The number of rotatable bonds is 2. The molecule has 0 aromatic carbocycles. The number of aromatic nitrogens is 2. The van der Waals surface area contributed by atoms with Crippen molar-refractivity contribution in [1.82, 2.24) is 10.1 Å². The SMILES string of the molecule is CC1(C(=O)O)CCN(c2noc(C(C)(C)C)n2)C1. The Kier molecular flexibility index (Phi) is 2.83. The van der Waals surface area contributed by atoms with Gasteiger partial charge in [-0.2, -0.15) is 4.98 Å². The number of carboxylic acids is 1. The molecule has 1 atom stereocenters. The molecule has 100 valence electrons. The second kappa shape index (κ2) is 3.96. The molecule has 1 fully saturated rings. The van der Waals surface area contributed by atoms with Gasteiger partial charge in [0.2, 0.25) is 5.89 Å². The monoisotopic (exact) mass is 253 g/mol. The summed E-state index contributed by atoms with van der Waals surface area (Å²) in [6.07, 6.45) is 0.599. The van der Waals surface area contributed by atoms with Gasteiger partial charge in [0.25, 0.3) is 5.95 Å². The molecule has 6 heteroatoms. The van der Waals surface area contributed by atoms with E-state index in [9.17, 15) is 9.90 Å². The quantitative estimate of drug-likeness (QED) is 0.863. The van der Waals surface area contributed by atoms with Gasteiger partial charge in [0.05, 0.1) is 5.41 Å². The molecule has 1 unspecified atom stereocenters. The van der Waals surface area contributed by atoms with E-state index in [-0.39, 0.29) is 5.41 Å². The molecule has 1 aromatic rings. The summed E-state index contributed by atoms with van der Waals surface area (Å²) in [5.41, 5.74) is -0.913. The van der Waals surface area contributed by atoms with Gasteiger partial charge in [-0.3, -0.25) is 4.79 Å². The molecule has 0 spiro atoms. The molecule has 1 saturated heterocycles. The van der Waals surface area contributed by atoms with Crippen molar-refractivity contribution in [3.63, 3.8) is 0 Å². The Labute approximate surface area is 106 Å². The second-order valence-electron chi connectivity index (χ2n) is 6.19. The first kappa shape index (κ1) is 12.9. The third-order valence-electron chi connectivity index (χ3n) is 3.33. The van der Waals surface area contributed by atoms with Crippen LogP contribution in [0.25, 0.3) is 0 Å². The number of nitrogens with zero attached hydrogens (tertiary/aromatic N) is 3. The highest BCUT2D eigenvalue weighted by atomic mass is 16.5. The van der Waals surface area contributed by atoms with E-state index in [1.165, 1.54) is 0 Å². The van der Waals surface area contributed by atoms with Crippen LogP contribution in [-0.2, 0) is 10.2 Å². The minimum absolute atomic E-state index is 0.193. The van der Waals surface area contributed by atoms with Crippen LogP contribution in [0.5, 0.6) is 0 Å². The zero-order valence-corrected chi connectivity index (χ0v) is 11.2. The summed E-state index contributed by atoms with van der Waals surface area (Å²) >= 11 is 0. The van der Waals surface area contributed by atoms with E-state index in [1.807, 2.05) is 25.7 Å². The van der Waals surface area contributed by atoms with Crippen molar-refractivity contribution >= 4 is 11.9 Å². The van der Waals surface area contributed by atoms with Crippen LogP contribution in [0.15, 0.2) is 4.52 Å². The van der Waals surface area contributed by atoms with E-state index < -0.39 is 11.4 Å². The highest BCUT2D eigenvalue weighted by Gasteiger charge is 2.42. The number of aliphatic carboxylic acids is 1. The van der Waals surface area contributed by atoms with Gasteiger partial charge in [0.15, 0.2) is 0 Å². The van der Waals surface area contributed by atoms with E-state index in [1.54, 1.807) is 6.92 Å². The smallest absolute Gasteiger partial charge is 0.311 e. The third-order valence-corrected chi connectivity index (χ3v) is 3.33. The number of hydrogen-bond acceptors (Lipinski definition) is 5. The van der Waals surface area contributed by atoms with Crippen LogP contribution >= 0.6 is 0 Å². The third kappa shape index (κ3) is 2.19. The van der Waals surface area contributed by atoms with Crippen molar-refractivity contribution in [2.45, 2.75) is 39.5 Å². The van der Waals surface area contributed by atoms with Gasteiger partial charge in [-0.25, -0.2) is 0 Å². The Balaban J connectivity index is 2.15. The lowest BCUT2D eigenvalue weighted by Gasteiger charge is -2.18. The Morgan fingerprint density at radius 1 is 1.50 bits per heavy atom. The van der Waals surface area contributed by atoms with E-state index in [0.29, 0.717) is 31.3 Å². The molecule has 0 bridgehead atoms. The van der Waals surface area contributed by atoms with E-state index in [2.05, 4.69) is 10.1 Å². The highest BCUT2D eigenvalue weighted by Crippen LogP contribution is 2.33. The van der Waals surface area contributed by atoms with Crippen molar-refractivity contribution in [1.29, 1.82) is 0 Å². The van der Waals surface area contributed by atoms with Crippen LogP contribution in [-0.4, -0.2) is 34.3 Å². The average Bonchev–Trinajstić information content (AvgIpc) is 2.82. The Morgan fingerprint density at radius 2 is 2.17 bits per heavy atom. The summed E-state index contributed by atoms with van der Waals surface area (Å²) in [7, 11) is 0. The second-order valence-corrected chi connectivity index (χ2v) is 6.19. The van der Waals surface area contributed by atoms with Gasteiger partial charge in [-0.1, -0.05) is 20.8 Å². The minimum Gasteiger partial charge on any atom is -0.481 e. The summed E-state index contributed by atoms with van der Waals surface area (Å²) in [6.45, 7) is 8.80. The Bertz CT molecular complexity index is 463. The summed E-state index contributed by atoms with van der Waals surface area (Å²) in [6, 6.07) is 0. The van der Waals surface area contributed by atoms with Crippen LogP contribution in [0.2, 0.25) is 0 Å². The van der Waals surface area contributed by atoms with Gasteiger partial charge in [0, 0.05) is 18.5 Å². The minimum atomic E-state index is -0.774. The zero-order valence-electron chi connectivity index (χ0n) is 11.2. The maximum absolute atomic E-state index is 11.2. The standard InChI is InChI=1S/C12H19N3O3/c1-11(2,3)8-13-10(14-18-8)15-6-5-12(4,7-15)9(16)17/h5-7H2,1-4H3,(H,16,17). The molecule has 0 aliphatic carbocycles. The first-order valence-corrected chi connectivity index (χ1v) is 6.05. The van der Waals surface area contributed by atoms with Crippen LogP contribution in [0, 0.1) is 5.41 Å². The maximum Gasteiger partial charge on any atom is 0.311 e. The molecule has 1 aliphatic heterocycles. The normalized spacial score (nSPS) is 24.6. The summed E-state index contributed by atoms with van der Waals surface area (Å²) in [4.78, 5) is 17.4.